The van der Waals surface area contributed by atoms with Crippen LogP contribution in [0.5, 0.6) is 5.75 Å². The predicted octanol–water partition coefficient (Wildman–Crippen LogP) is 1.28. The summed E-state index contributed by atoms with van der Waals surface area (Å²) >= 11 is 0. The van der Waals surface area contributed by atoms with E-state index in [9.17, 15) is 17.6 Å². The summed E-state index contributed by atoms with van der Waals surface area (Å²) < 4.78 is 55.2. The molecule has 0 aliphatic carbocycles. The van der Waals surface area contributed by atoms with Crippen molar-refractivity contribution >= 4 is 27.6 Å². The first-order valence-electron chi connectivity index (χ1n) is 10.2. The van der Waals surface area contributed by atoms with Crippen LogP contribution in [0.15, 0.2) is 40.1 Å². The van der Waals surface area contributed by atoms with Crippen LogP contribution in [-0.4, -0.2) is 54.8 Å². The van der Waals surface area contributed by atoms with Gasteiger partial charge in [-0.2, -0.15) is 0 Å². The fourth-order valence-corrected chi connectivity index (χ4v) is 5.66. The van der Waals surface area contributed by atoms with Crippen LogP contribution in [0.2, 0.25) is 0 Å². The number of sulfonamides is 1. The summed E-state index contributed by atoms with van der Waals surface area (Å²) in [6.45, 7) is 2.54. The molecule has 33 heavy (non-hydrogen) atoms. The molecule has 0 bridgehead atoms. The molecule has 0 saturated carbocycles. The Kier molecular flexibility index (Phi) is 5.09. The van der Waals surface area contributed by atoms with Crippen molar-refractivity contribution in [2.24, 2.45) is 13.0 Å². The summed E-state index contributed by atoms with van der Waals surface area (Å²) in [4.78, 5) is 14.7. The Bertz CT molecular complexity index is 1320. The van der Waals surface area contributed by atoms with Gasteiger partial charge in [-0.1, -0.05) is 5.10 Å². The number of halogens is 1. The van der Waals surface area contributed by atoms with Crippen molar-refractivity contribution in [3.63, 3.8) is 0 Å². The minimum absolute atomic E-state index is 0.0315. The van der Waals surface area contributed by atoms with E-state index in [-0.39, 0.29) is 28.9 Å². The van der Waals surface area contributed by atoms with Crippen molar-refractivity contribution in [1.29, 1.82) is 0 Å². The zero-order chi connectivity index (χ0) is 23.3. The number of carbonyl (C=O) groups is 1. The molecule has 2 N–H and O–H groups in total. The Hall–Kier alpha value is -3.45. The monoisotopic (exact) mass is 476 g/mol. The third-order valence-corrected chi connectivity index (χ3v) is 7.31. The second-order valence-corrected chi connectivity index (χ2v) is 9.81. The fraction of sp³-hybridized carbons (Fsp3) is 0.350. The maximum Gasteiger partial charge on any atom is 0.318 e. The molecule has 2 unspecified atom stereocenters. The molecule has 1 aromatic carbocycles. The normalized spacial score (nSPS) is 21.5. The van der Waals surface area contributed by atoms with E-state index in [0.29, 0.717) is 30.4 Å². The second-order valence-electron chi connectivity index (χ2n) is 8.13. The molecular formula is C20H21FN6O5S. The molecule has 4 heterocycles. The van der Waals surface area contributed by atoms with Gasteiger partial charge < -0.3 is 23.9 Å². The van der Waals surface area contributed by atoms with Gasteiger partial charge in [0.1, 0.15) is 10.7 Å². The maximum absolute atomic E-state index is 13.6. The number of carbonyl (C=O) groups excluding carboxylic acids is 1. The van der Waals surface area contributed by atoms with E-state index in [1.807, 2.05) is 0 Å². The summed E-state index contributed by atoms with van der Waals surface area (Å²) in [5, 5.41) is 10.2. The van der Waals surface area contributed by atoms with Crippen molar-refractivity contribution in [1.82, 2.24) is 19.5 Å². The molecule has 174 valence electrons. The zero-order valence-electron chi connectivity index (χ0n) is 17.8. The van der Waals surface area contributed by atoms with Gasteiger partial charge in [0.25, 0.3) is 5.91 Å². The van der Waals surface area contributed by atoms with Gasteiger partial charge in [0.05, 0.1) is 6.61 Å². The highest BCUT2D eigenvalue weighted by atomic mass is 32.2. The molecule has 1 amide bonds. The third-order valence-electron chi connectivity index (χ3n) is 5.83. The molecule has 1 saturated heterocycles. The van der Waals surface area contributed by atoms with E-state index >= 15 is 0 Å². The molecule has 0 spiro atoms. The number of hydrogen-bond acceptors (Lipinski definition) is 8. The van der Waals surface area contributed by atoms with Crippen LogP contribution >= 0.6 is 0 Å². The Labute approximate surface area is 188 Å². The van der Waals surface area contributed by atoms with Crippen molar-refractivity contribution < 1.29 is 26.8 Å². The number of anilines is 2. The average molecular weight is 476 g/mol. The van der Waals surface area contributed by atoms with Gasteiger partial charge in [-0.05, 0) is 30.7 Å². The summed E-state index contributed by atoms with van der Waals surface area (Å²) in [5.74, 6) is -1.21. The van der Waals surface area contributed by atoms with Gasteiger partial charge in [0.2, 0.25) is 16.4 Å². The minimum atomic E-state index is -3.99. The zero-order valence-corrected chi connectivity index (χ0v) is 18.6. The van der Waals surface area contributed by atoms with Crippen molar-refractivity contribution in [3.05, 3.63) is 47.9 Å². The molecule has 0 radical (unpaired) electrons. The predicted molar refractivity (Wildman–Crippen MR) is 114 cm³/mol. The average Bonchev–Trinajstić information content (AvgIpc) is 3.47. The fourth-order valence-electron chi connectivity index (χ4n) is 4.17. The molecule has 2 aliphatic rings. The second kappa shape index (κ2) is 7.85. The van der Waals surface area contributed by atoms with E-state index in [0.717, 1.165) is 0 Å². The lowest BCUT2D eigenvalue weighted by Gasteiger charge is -2.23. The van der Waals surface area contributed by atoms with E-state index in [1.54, 1.807) is 18.9 Å². The number of rotatable bonds is 3. The van der Waals surface area contributed by atoms with Crippen LogP contribution < -0.4 is 19.7 Å². The largest absolute Gasteiger partial charge is 0.489 e. The molecule has 11 nitrogen and oxygen atoms in total. The first kappa shape index (κ1) is 21.4. The van der Waals surface area contributed by atoms with E-state index < -0.39 is 27.8 Å². The minimum Gasteiger partial charge on any atom is -0.489 e. The van der Waals surface area contributed by atoms with Crippen LogP contribution in [0.1, 0.15) is 16.1 Å². The maximum atomic E-state index is 13.6. The lowest BCUT2D eigenvalue weighted by atomic mass is 10.1. The summed E-state index contributed by atoms with van der Waals surface area (Å²) in [6.07, 6.45) is 2.55. The van der Waals surface area contributed by atoms with Gasteiger partial charge in [-0.3, -0.25) is 4.79 Å². The number of aryl methyl sites for hydroxylation is 2. The van der Waals surface area contributed by atoms with Gasteiger partial charge >= 0.3 is 6.01 Å². The number of benzene rings is 1. The van der Waals surface area contributed by atoms with Crippen molar-refractivity contribution in [3.8, 4) is 5.75 Å². The van der Waals surface area contributed by atoms with E-state index in [4.69, 9.17) is 9.15 Å². The lowest BCUT2D eigenvalue weighted by molar-refractivity contribution is 0.101. The number of nitrogens with zero attached hydrogens (tertiary/aromatic N) is 4. The standard InChI is InChI=1S/C20H21FN6O5S/c1-11-5-13(3-4-14(11)21)23-19(28)17-18-16(8-26(17)2)33(29,30)25-15-7-27(6-12(15)9-31-18)20-24-22-10-32-20/h3-5,8,10,12,15,25H,6-7,9H2,1-2H3,(H,23,28). The number of ether oxygens (including phenoxy) is 1. The van der Waals surface area contributed by atoms with Gasteiger partial charge in [-0.25, -0.2) is 17.5 Å². The SMILES string of the molecule is Cc1cc(NC(=O)c2c3c(cn2C)S(=O)(=O)NC2CN(c4nnco4)CC2CO3)ccc1F. The molecule has 1 fully saturated rings. The quantitative estimate of drug-likeness (QED) is 0.578. The van der Waals surface area contributed by atoms with Crippen molar-refractivity contribution in [2.75, 3.05) is 29.9 Å². The summed E-state index contributed by atoms with van der Waals surface area (Å²) in [7, 11) is -2.43. The molecular weight excluding hydrogens is 455 g/mol. The highest BCUT2D eigenvalue weighted by molar-refractivity contribution is 7.89. The van der Waals surface area contributed by atoms with Crippen LogP contribution in [-0.2, 0) is 17.1 Å². The molecule has 2 aliphatic heterocycles. The summed E-state index contributed by atoms with van der Waals surface area (Å²) in [5.41, 5.74) is 0.797. The topological polar surface area (TPSA) is 132 Å². The van der Waals surface area contributed by atoms with E-state index in [2.05, 4.69) is 20.2 Å². The molecule has 13 heteroatoms. The number of hydrogen-bond donors (Lipinski definition) is 2. The third kappa shape index (κ3) is 3.82. The lowest BCUT2D eigenvalue weighted by Crippen LogP contribution is -2.43. The van der Waals surface area contributed by atoms with Gasteiger partial charge in [-0.15, -0.1) is 5.10 Å². The molecule has 3 aromatic rings. The van der Waals surface area contributed by atoms with Gasteiger partial charge in [0, 0.05) is 44.0 Å². The Morgan fingerprint density at radius 2 is 2.15 bits per heavy atom. The smallest absolute Gasteiger partial charge is 0.318 e. The van der Waals surface area contributed by atoms with Crippen LogP contribution in [0.3, 0.4) is 0 Å². The van der Waals surface area contributed by atoms with Crippen LogP contribution in [0.4, 0.5) is 16.1 Å². The Morgan fingerprint density at radius 3 is 2.88 bits per heavy atom. The Balaban J connectivity index is 1.44. The van der Waals surface area contributed by atoms with Crippen molar-refractivity contribution in [2.45, 2.75) is 17.9 Å². The molecule has 2 aromatic heterocycles. The van der Waals surface area contributed by atoms with Gasteiger partial charge in [0.15, 0.2) is 11.4 Å². The molecule has 5 rings (SSSR count). The summed E-state index contributed by atoms with van der Waals surface area (Å²) in [6, 6.07) is 4.04. The number of fused-ring (bicyclic) bond motifs is 2. The molecule has 2 atom stereocenters. The van der Waals surface area contributed by atoms with Crippen LogP contribution in [0.25, 0.3) is 0 Å². The van der Waals surface area contributed by atoms with E-state index in [1.165, 1.54) is 35.4 Å². The Morgan fingerprint density at radius 1 is 1.33 bits per heavy atom. The van der Waals surface area contributed by atoms with Crippen LogP contribution in [0, 0.1) is 18.7 Å². The number of nitrogens with one attached hydrogen (secondary N) is 2. The highest BCUT2D eigenvalue weighted by Crippen LogP contribution is 2.35. The highest BCUT2D eigenvalue weighted by Gasteiger charge is 2.42. The number of aromatic nitrogens is 3. The number of amides is 1. The first-order valence-corrected chi connectivity index (χ1v) is 11.6. The first-order chi connectivity index (χ1) is 15.7.